The third-order valence-corrected chi connectivity index (χ3v) is 3.96. The highest BCUT2D eigenvalue weighted by molar-refractivity contribution is 5.88. The second-order valence-electron chi connectivity index (χ2n) is 6.30. The van der Waals surface area contributed by atoms with Gasteiger partial charge in [0.1, 0.15) is 6.61 Å². The summed E-state index contributed by atoms with van der Waals surface area (Å²) in [6.07, 6.45) is 6.24. The summed E-state index contributed by atoms with van der Waals surface area (Å²) >= 11 is 0. The SMILES string of the molecule is COc1cc2ccc(=O)oc2c(OC)c1OC/C=C(\C)CCC=C(C)C. The van der Waals surface area contributed by atoms with Crippen molar-refractivity contribution in [1.82, 2.24) is 0 Å². The van der Waals surface area contributed by atoms with Gasteiger partial charge in [-0.05, 0) is 51.8 Å². The summed E-state index contributed by atoms with van der Waals surface area (Å²) in [5.74, 6) is 1.30. The van der Waals surface area contributed by atoms with Gasteiger partial charge in [0.05, 0.1) is 14.2 Å². The van der Waals surface area contributed by atoms with E-state index in [1.54, 1.807) is 19.2 Å². The molecular weight excluding hydrogens is 332 g/mol. The zero-order chi connectivity index (χ0) is 19.1. The Hall–Kier alpha value is -2.69. The van der Waals surface area contributed by atoms with Crippen molar-refractivity contribution < 1.29 is 18.6 Å². The maximum Gasteiger partial charge on any atom is 0.336 e. The Morgan fingerprint density at radius 1 is 1.08 bits per heavy atom. The highest BCUT2D eigenvalue weighted by Crippen LogP contribution is 2.43. The molecule has 0 saturated heterocycles. The fourth-order valence-electron chi connectivity index (χ4n) is 2.57. The molecule has 0 aliphatic rings. The molecule has 0 bridgehead atoms. The van der Waals surface area contributed by atoms with Gasteiger partial charge in [-0.25, -0.2) is 4.79 Å². The van der Waals surface area contributed by atoms with E-state index in [-0.39, 0.29) is 0 Å². The predicted molar refractivity (Wildman–Crippen MR) is 104 cm³/mol. The third kappa shape index (κ3) is 4.91. The van der Waals surface area contributed by atoms with Gasteiger partial charge in [0.15, 0.2) is 11.3 Å². The minimum Gasteiger partial charge on any atom is -0.493 e. The van der Waals surface area contributed by atoms with E-state index in [2.05, 4.69) is 26.8 Å². The smallest absolute Gasteiger partial charge is 0.336 e. The van der Waals surface area contributed by atoms with Crippen molar-refractivity contribution in [3.8, 4) is 17.2 Å². The molecule has 0 aliphatic heterocycles. The van der Waals surface area contributed by atoms with E-state index in [9.17, 15) is 4.79 Å². The number of hydrogen-bond donors (Lipinski definition) is 0. The van der Waals surface area contributed by atoms with E-state index in [4.69, 9.17) is 18.6 Å². The molecule has 140 valence electrons. The van der Waals surface area contributed by atoms with Crippen molar-refractivity contribution in [3.05, 3.63) is 51.9 Å². The molecule has 0 unspecified atom stereocenters. The second kappa shape index (κ2) is 9.13. The third-order valence-electron chi connectivity index (χ3n) is 3.96. The van der Waals surface area contributed by atoms with Crippen LogP contribution in [0.25, 0.3) is 11.0 Å². The fraction of sp³-hybridized carbons (Fsp3) is 0.381. The molecule has 0 saturated carbocycles. The normalized spacial score (nSPS) is 11.3. The molecule has 0 radical (unpaired) electrons. The summed E-state index contributed by atoms with van der Waals surface area (Å²) in [6.45, 7) is 6.64. The lowest BCUT2D eigenvalue weighted by Gasteiger charge is -2.15. The Morgan fingerprint density at radius 2 is 1.85 bits per heavy atom. The van der Waals surface area contributed by atoms with Gasteiger partial charge in [-0.2, -0.15) is 0 Å². The molecule has 0 fully saturated rings. The number of benzene rings is 1. The van der Waals surface area contributed by atoms with Crippen LogP contribution in [0.5, 0.6) is 17.2 Å². The molecule has 0 N–H and O–H groups in total. The molecule has 0 aliphatic carbocycles. The van der Waals surface area contributed by atoms with Crippen molar-refractivity contribution in [3.63, 3.8) is 0 Å². The number of methoxy groups -OCH3 is 2. The molecular formula is C21H26O5. The first-order valence-corrected chi connectivity index (χ1v) is 8.57. The first-order chi connectivity index (χ1) is 12.5. The molecule has 1 heterocycles. The van der Waals surface area contributed by atoms with Crippen molar-refractivity contribution in [1.29, 1.82) is 0 Å². The van der Waals surface area contributed by atoms with E-state index >= 15 is 0 Å². The zero-order valence-corrected chi connectivity index (χ0v) is 16.0. The standard InChI is InChI=1S/C21H26O5/c1-14(2)7-6-8-15(3)11-12-25-20-17(23-4)13-16-9-10-18(22)26-19(16)21(20)24-5/h7,9-11,13H,6,8,12H2,1-5H3/b15-11+. The lowest BCUT2D eigenvalue weighted by atomic mass is 10.1. The minimum atomic E-state index is -0.443. The second-order valence-corrected chi connectivity index (χ2v) is 6.30. The van der Waals surface area contributed by atoms with Crippen LogP contribution in [-0.4, -0.2) is 20.8 Å². The van der Waals surface area contributed by atoms with Gasteiger partial charge in [0.25, 0.3) is 0 Å². The van der Waals surface area contributed by atoms with Gasteiger partial charge in [0, 0.05) is 11.5 Å². The number of hydrogen-bond acceptors (Lipinski definition) is 5. The minimum absolute atomic E-state index is 0.347. The molecule has 5 heteroatoms. The van der Waals surface area contributed by atoms with Gasteiger partial charge in [-0.15, -0.1) is 0 Å². The topological polar surface area (TPSA) is 57.9 Å². The Kier molecular flexibility index (Phi) is 6.89. The van der Waals surface area contributed by atoms with Crippen molar-refractivity contribution >= 4 is 11.0 Å². The summed E-state index contributed by atoms with van der Waals surface area (Å²) in [5, 5.41) is 0.707. The Morgan fingerprint density at radius 3 is 2.50 bits per heavy atom. The first kappa shape index (κ1) is 19.6. The van der Waals surface area contributed by atoms with Gasteiger partial charge in [-0.3, -0.25) is 0 Å². The molecule has 5 nitrogen and oxygen atoms in total. The maximum atomic E-state index is 11.6. The number of fused-ring (bicyclic) bond motifs is 1. The Balaban J connectivity index is 2.25. The van der Waals surface area contributed by atoms with Gasteiger partial charge in [0.2, 0.25) is 11.5 Å². The van der Waals surface area contributed by atoms with E-state index in [1.165, 1.54) is 24.3 Å². The van der Waals surface area contributed by atoms with Crippen molar-refractivity contribution in [2.75, 3.05) is 20.8 Å². The van der Waals surface area contributed by atoms with E-state index in [1.807, 2.05) is 6.08 Å². The molecule has 1 aromatic heterocycles. The summed E-state index contributed by atoms with van der Waals surface area (Å²) in [4.78, 5) is 11.6. The molecule has 0 spiro atoms. The monoisotopic (exact) mass is 358 g/mol. The Bertz CT molecular complexity index is 870. The molecule has 0 atom stereocenters. The molecule has 1 aromatic carbocycles. The van der Waals surface area contributed by atoms with Crippen molar-refractivity contribution in [2.24, 2.45) is 0 Å². The number of ether oxygens (including phenoxy) is 3. The van der Waals surface area contributed by atoms with Crippen LogP contribution in [0.15, 0.2) is 50.7 Å². The van der Waals surface area contributed by atoms with Gasteiger partial charge < -0.3 is 18.6 Å². The molecule has 2 aromatic rings. The quantitative estimate of drug-likeness (QED) is 0.497. The van der Waals surface area contributed by atoms with Crippen LogP contribution < -0.4 is 19.8 Å². The molecule has 26 heavy (non-hydrogen) atoms. The number of allylic oxidation sites excluding steroid dienone is 3. The highest BCUT2D eigenvalue weighted by Gasteiger charge is 2.18. The van der Waals surface area contributed by atoms with Crippen LogP contribution in [0.4, 0.5) is 0 Å². The van der Waals surface area contributed by atoms with E-state index < -0.39 is 5.63 Å². The summed E-state index contributed by atoms with van der Waals surface area (Å²) in [5.41, 5.74) is 2.47. The zero-order valence-electron chi connectivity index (χ0n) is 16.0. The fourth-order valence-corrected chi connectivity index (χ4v) is 2.57. The van der Waals surface area contributed by atoms with Gasteiger partial charge >= 0.3 is 5.63 Å². The predicted octanol–water partition coefficient (Wildman–Crippen LogP) is 4.88. The Labute approximate surface area is 153 Å². The average molecular weight is 358 g/mol. The lowest BCUT2D eigenvalue weighted by molar-refractivity contribution is 0.299. The molecule has 2 rings (SSSR count). The summed E-state index contributed by atoms with van der Waals surface area (Å²) in [6, 6.07) is 4.80. The number of rotatable bonds is 8. The van der Waals surface area contributed by atoms with Crippen LogP contribution in [0.2, 0.25) is 0 Å². The van der Waals surface area contributed by atoms with Crippen molar-refractivity contribution in [2.45, 2.75) is 33.6 Å². The van der Waals surface area contributed by atoms with Crippen LogP contribution >= 0.6 is 0 Å². The largest absolute Gasteiger partial charge is 0.493 e. The van der Waals surface area contributed by atoms with Crippen LogP contribution in [0.1, 0.15) is 33.6 Å². The van der Waals surface area contributed by atoms with Crippen LogP contribution in [0.3, 0.4) is 0 Å². The van der Waals surface area contributed by atoms with Crippen LogP contribution in [-0.2, 0) is 0 Å². The summed E-state index contributed by atoms with van der Waals surface area (Å²) in [7, 11) is 3.07. The summed E-state index contributed by atoms with van der Waals surface area (Å²) < 4.78 is 22.0. The first-order valence-electron chi connectivity index (χ1n) is 8.57. The van der Waals surface area contributed by atoms with E-state index in [0.717, 1.165) is 12.8 Å². The average Bonchev–Trinajstić information content (AvgIpc) is 2.60. The maximum absolute atomic E-state index is 11.6. The van der Waals surface area contributed by atoms with Gasteiger partial charge in [-0.1, -0.05) is 17.2 Å². The van der Waals surface area contributed by atoms with E-state index in [0.29, 0.717) is 34.8 Å². The van der Waals surface area contributed by atoms with Crippen LogP contribution in [0, 0.1) is 0 Å². The highest BCUT2D eigenvalue weighted by atomic mass is 16.5. The molecule has 0 amide bonds. The lowest BCUT2D eigenvalue weighted by Crippen LogP contribution is -2.02.